The molecule has 0 amide bonds. The topological polar surface area (TPSA) is 29.9 Å². The molecule has 0 spiro atoms. The average molecular weight is 177 g/mol. The Kier molecular flexibility index (Phi) is 1.65. The molecule has 1 fully saturated rings. The van der Waals surface area contributed by atoms with Crippen LogP contribution in [-0.4, -0.2) is 9.78 Å². The first kappa shape index (κ1) is 7.56. The molecule has 0 radical (unpaired) electrons. The summed E-state index contributed by atoms with van der Waals surface area (Å²) in [7, 11) is 0. The van der Waals surface area contributed by atoms with Gasteiger partial charge in [-0.25, -0.2) is 0 Å². The first-order chi connectivity index (χ1) is 6.43. The molecule has 70 valence electrons. The van der Waals surface area contributed by atoms with Gasteiger partial charge in [-0.1, -0.05) is 12.8 Å². The van der Waals surface area contributed by atoms with Crippen LogP contribution in [0.25, 0.3) is 0 Å². The van der Waals surface area contributed by atoms with Gasteiger partial charge in [-0.15, -0.1) is 0 Å². The molecular formula is C10H15N3. The summed E-state index contributed by atoms with van der Waals surface area (Å²) in [6.45, 7) is 1.98. The standard InChI is InChI=1S/C10H15N3/c1-2-4-9(3-1)13-7-8-5-11-6-10(8)12-13/h7,9,11H,1-6H2. The van der Waals surface area contributed by atoms with Crippen LogP contribution in [0.15, 0.2) is 6.20 Å². The van der Waals surface area contributed by atoms with E-state index in [-0.39, 0.29) is 0 Å². The van der Waals surface area contributed by atoms with Crippen LogP contribution in [0.1, 0.15) is 43.0 Å². The van der Waals surface area contributed by atoms with Crippen LogP contribution in [0.3, 0.4) is 0 Å². The minimum atomic E-state index is 0.700. The van der Waals surface area contributed by atoms with E-state index in [9.17, 15) is 0 Å². The lowest BCUT2D eigenvalue weighted by Crippen LogP contribution is -2.09. The van der Waals surface area contributed by atoms with E-state index in [0.717, 1.165) is 13.1 Å². The number of fused-ring (bicyclic) bond motifs is 1. The second-order valence-electron chi connectivity index (χ2n) is 4.12. The van der Waals surface area contributed by atoms with Crippen molar-refractivity contribution in [3.63, 3.8) is 0 Å². The molecule has 0 atom stereocenters. The van der Waals surface area contributed by atoms with E-state index in [4.69, 9.17) is 0 Å². The van der Waals surface area contributed by atoms with Gasteiger partial charge in [0.2, 0.25) is 0 Å². The van der Waals surface area contributed by atoms with Crippen molar-refractivity contribution in [1.82, 2.24) is 15.1 Å². The molecule has 13 heavy (non-hydrogen) atoms. The maximum absolute atomic E-state index is 4.63. The Morgan fingerprint density at radius 2 is 2.15 bits per heavy atom. The summed E-state index contributed by atoms with van der Waals surface area (Å²) in [5.74, 6) is 0. The Bertz CT molecular complexity index is 288. The minimum absolute atomic E-state index is 0.700. The second kappa shape index (κ2) is 2.84. The number of nitrogens with zero attached hydrogens (tertiary/aromatic N) is 2. The Hall–Kier alpha value is -0.830. The van der Waals surface area contributed by atoms with Crippen LogP contribution in [0, 0.1) is 0 Å². The number of aromatic nitrogens is 2. The molecular weight excluding hydrogens is 162 g/mol. The lowest BCUT2D eigenvalue weighted by molar-refractivity contribution is 0.459. The summed E-state index contributed by atoms with van der Waals surface area (Å²) in [6.07, 6.45) is 7.66. The second-order valence-corrected chi connectivity index (χ2v) is 4.12. The van der Waals surface area contributed by atoms with Crippen LogP contribution < -0.4 is 5.32 Å². The lowest BCUT2D eigenvalue weighted by atomic mass is 10.2. The highest BCUT2D eigenvalue weighted by Gasteiger charge is 2.21. The van der Waals surface area contributed by atoms with Gasteiger partial charge in [0.15, 0.2) is 0 Å². The fourth-order valence-corrected chi connectivity index (χ4v) is 2.43. The van der Waals surface area contributed by atoms with Crippen molar-refractivity contribution in [3.05, 3.63) is 17.5 Å². The molecule has 1 aliphatic heterocycles. The average Bonchev–Trinajstić information content (AvgIpc) is 2.78. The molecule has 1 N–H and O–H groups in total. The van der Waals surface area contributed by atoms with Crippen molar-refractivity contribution >= 4 is 0 Å². The normalized spacial score (nSPS) is 22.5. The van der Waals surface area contributed by atoms with Gasteiger partial charge in [0.25, 0.3) is 0 Å². The number of rotatable bonds is 1. The van der Waals surface area contributed by atoms with Gasteiger partial charge in [-0.05, 0) is 12.8 Å². The monoisotopic (exact) mass is 177 g/mol. The van der Waals surface area contributed by atoms with Gasteiger partial charge in [0, 0.05) is 24.8 Å². The molecule has 1 aromatic heterocycles. The molecule has 1 saturated carbocycles. The van der Waals surface area contributed by atoms with Gasteiger partial charge in [0.05, 0.1) is 11.7 Å². The molecule has 3 rings (SSSR count). The third-order valence-electron chi connectivity index (χ3n) is 3.20. The highest BCUT2D eigenvalue weighted by molar-refractivity contribution is 5.21. The molecule has 1 aromatic rings. The Morgan fingerprint density at radius 3 is 2.92 bits per heavy atom. The van der Waals surface area contributed by atoms with Crippen LogP contribution in [0.5, 0.6) is 0 Å². The molecule has 0 bridgehead atoms. The summed E-state index contributed by atoms with van der Waals surface area (Å²) in [5, 5.41) is 7.94. The number of nitrogens with one attached hydrogen (secondary N) is 1. The summed E-state index contributed by atoms with van der Waals surface area (Å²) in [4.78, 5) is 0. The minimum Gasteiger partial charge on any atom is -0.307 e. The Morgan fingerprint density at radius 1 is 1.31 bits per heavy atom. The zero-order valence-electron chi connectivity index (χ0n) is 7.79. The molecule has 3 nitrogen and oxygen atoms in total. The molecule has 1 aliphatic carbocycles. The Balaban J connectivity index is 1.88. The number of hydrogen-bond acceptors (Lipinski definition) is 2. The zero-order chi connectivity index (χ0) is 8.67. The third-order valence-corrected chi connectivity index (χ3v) is 3.20. The molecule has 2 aliphatic rings. The van der Waals surface area contributed by atoms with Crippen LogP contribution in [0.4, 0.5) is 0 Å². The quantitative estimate of drug-likeness (QED) is 0.706. The predicted molar refractivity (Wildman–Crippen MR) is 50.3 cm³/mol. The molecule has 3 heteroatoms. The van der Waals surface area contributed by atoms with Gasteiger partial charge in [-0.3, -0.25) is 4.68 Å². The van der Waals surface area contributed by atoms with Crippen molar-refractivity contribution in [1.29, 1.82) is 0 Å². The van der Waals surface area contributed by atoms with Gasteiger partial charge < -0.3 is 5.32 Å². The maximum atomic E-state index is 4.63. The maximum Gasteiger partial charge on any atom is 0.0807 e. The van der Waals surface area contributed by atoms with Crippen LogP contribution in [-0.2, 0) is 13.1 Å². The van der Waals surface area contributed by atoms with Crippen LogP contribution in [0.2, 0.25) is 0 Å². The van der Waals surface area contributed by atoms with Crippen molar-refractivity contribution in [2.24, 2.45) is 0 Å². The Labute approximate surface area is 78.1 Å². The molecule has 0 unspecified atom stereocenters. The van der Waals surface area contributed by atoms with E-state index in [1.54, 1.807) is 0 Å². The van der Waals surface area contributed by atoms with Gasteiger partial charge >= 0.3 is 0 Å². The largest absolute Gasteiger partial charge is 0.307 e. The summed E-state index contributed by atoms with van der Waals surface area (Å²) in [5.41, 5.74) is 2.68. The number of hydrogen-bond donors (Lipinski definition) is 1. The molecule has 2 heterocycles. The zero-order valence-corrected chi connectivity index (χ0v) is 7.79. The SMILES string of the molecule is c1c2c(nn1C1CCCC1)CNC2. The fraction of sp³-hybridized carbons (Fsp3) is 0.700. The van der Waals surface area contributed by atoms with E-state index >= 15 is 0 Å². The van der Waals surface area contributed by atoms with Crippen molar-refractivity contribution in [2.45, 2.75) is 44.8 Å². The first-order valence-corrected chi connectivity index (χ1v) is 5.21. The highest BCUT2D eigenvalue weighted by Crippen LogP contribution is 2.30. The van der Waals surface area contributed by atoms with E-state index < -0.39 is 0 Å². The van der Waals surface area contributed by atoms with E-state index in [2.05, 4.69) is 21.3 Å². The molecule has 0 aromatic carbocycles. The predicted octanol–water partition coefficient (Wildman–Crippen LogP) is 1.60. The highest BCUT2D eigenvalue weighted by atomic mass is 15.3. The third kappa shape index (κ3) is 1.18. The van der Waals surface area contributed by atoms with Crippen molar-refractivity contribution in [2.75, 3.05) is 0 Å². The summed E-state index contributed by atoms with van der Waals surface area (Å²) >= 11 is 0. The van der Waals surface area contributed by atoms with Crippen molar-refractivity contribution < 1.29 is 0 Å². The van der Waals surface area contributed by atoms with Gasteiger partial charge in [-0.2, -0.15) is 5.10 Å². The summed E-state index contributed by atoms with van der Waals surface area (Å²) < 4.78 is 2.21. The van der Waals surface area contributed by atoms with Gasteiger partial charge in [0.1, 0.15) is 0 Å². The van der Waals surface area contributed by atoms with E-state index in [1.807, 2.05) is 0 Å². The first-order valence-electron chi connectivity index (χ1n) is 5.21. The summed E-state index contributed by atoms with van der Waals surface area (Å²) in [6, 6.07) is 0.700. The fourth-order valence-electron chi connectivity index (χ4n) is 2.43. The lowest BCUT2D eigenvalue weighted by Gasteiger charge is -2.09. The smallest absolute Gasteiger partial charge is 0.0807 e. The van der Waals surface area contributed by atoms with E-state index in [0.29, 0.717) is 6.04 Å². The van der Waals surface area contributed by atoms with E-state index in [1.165, 1.54) is 36.9 Å². The van der Waals surface area contributed by atoms with Crippen molar-refractivity contribution in [3.8, 4) is 0 Å². The molecule has 0 saturated heterocycles. The van der Waals surface area contributed by atoms with Crippen LogP contribution >= 0.6 is 0 Å².